The SMILES string of the molecule is Cc1ccccc1/C=C/C(=O)NCCS(=O)(=O)Nc1ccn2nccc2c1. The van der Waals surface area contributed by atoms with Gasteiger partial charge in [-0.25, -0.2) is 12.9 Å². The van der Waals surface area contributed by atoms with Crippen molar-refractivity contribution < 1.29 is 13.2 Å². The standard InChI is InChI=1S/C19H20N4O3S/c1-15-4-2-3-5-16(15)6-7-19(24)20-11-13-27(25,26)22-17-9-12-23-18(14-17)8-10-21-23/h2-10,12,14,22H,11,13H2,1H3,(H,20,24)/b7-6+. The van der Waals surface area contributed by atoms with Gasteiger partial charge in [0.1, 0.15) is 0 Å². The molecule has 8 heteroatoms. The van der Waals surface area contributed by atoms with Crippen LogP contribution in [0.15, 0.2) is 60.9 Å². The van der Waals surface area contributed by atoms with Crippen LogP contribution in [0.25, 0.3) is 11.6 Å². The molecular weight excluding hydrogens is 364 g/mol. The summed E-state index contributed by atoms with van der Waals surface area (Å²) in [6.07, 6.45) is 6.41. The Morgan fingerprint density at radius 1 is 1.22 bits per heavy atom. The van der Waals surface area contributed by atoms with Crippen LogP contribution in [0.4, 0.5) is 5.69 Å². The number of amides is 1. The highest BCUT2D eigenvalue weighted by atomic mass is 32.2. The van der Waals surface area contributed by atoms with E-state index in [1.165, 1.54) is 6.08 Å². The Labute approximate surface area is 157 Å². The number of hydrogen-bond donors (Lipinski definition) is 2. The number of sulfonamides is 1. The van der Waals surface area contributed by atoms with E-state index in [2.05, 4.69) is 15.1 Å². The maximum absolute atomic E-state index is 12.2. The van der Waals surface area contributed by atoms with Crippen molar-refractivity contribution >= 4 is 33.2 Å². The number of aromatic nitrogens is 2. The number of rotatable bonds is 7. The zero-order chi connectivity index (χ0) is 19.3. The van der Waals surface area contributed by atoms with Gasteiger partial charge in [0, 0.05) is 25.0 Å². The second kappa shape index (κ2) is 8.05. The van der Waals surface area contributed by atoms with Crippen LogP contribution in [0.2, 0.25) is 0 Å². The van der Waals surface area contributed by atoms with Gasteiger partial charge in [0.05, 0.1) is 17.0 Å². The summed E-state index contributed by atoms with van der Waals surface area (Å²) in [6.45, 7) is 1.97. The van der Waals surface area contributed by atoms with Gasteiger partial charge >= 0.3 is 0 Å². The third-order valence-corrected chi connectivity index (χ3v) is 5.23. The summed E-state index contributed by atoms with van der Waals surface area (Å²) in [5, 5.41) is 6.64. The lowest BCUT2D eigenvalue weighted by Gasteiger charge is -2.08. The molecule has 0 bridgehead atoms. The molecule has 0 saturated heterocycles. The number of anilines is 1. The Morgan fingerprint density at radius 2 is 2.04 bits per heavy atom. The number of nitrogens with zero attached hydrogens (tertiary/aromatic N) is 2. The van der Waals surface area contributed by atoms with Gasteiger partial charge in [0.25, 0.3) is 0 Å². The van der Waals surface area contributed by atoms with Crippen molar-refractivity contribution in [3.63, 3.8) is 0 Å². The minimum atomic E-state index is -3.57. The summed E-state index contributed by atoms with van der Waals surface area (Å²) >= 11 is 0. The van der Waals surface area contributed by atoms with E-state index >= 15 is 0 Å². The van der Waals surface area contributed by atoms with Gasteiger partial charge in [-0.3, -0.25) is 9.52 Å². The number of pyridine rings is 1. The third kappa shape index (κ3) is 5.18. The van der Waals surface area contributed by atoms with Crippen molar-refractivity contribution in [2.45, 2.75) is 6.92 Å². The lowest BCUT2D eigenvalue weighted by molar-refractivity contribution is -0.116. The predicted octanol–water partition coefficient (Wildman–Crippen LogP) is 2.21. The van der Waals surface area contributed by atoms with Crippen molar-refractivity contribution in [2.24, 2.45) is 0 Å². The Balaban J connectivity index is 1.51. The molecule has 0 aliphatic rings. The fourth-order valence-electron chi connectivity index (χ4n) is 2.52. The minimum absolute atomic E-state index is 0.0151. The molecule has 3 aromatic rings. The van der Waals surface area contributed by atoms with E-state index < -0.39 is 10.0 Å². The molecule has 0 atom stereocenters. The van der Waals surface area contributed by atoms with Crippen LogP contribution in [-0.2, 0) is 14.8 Å². The van der Waals surface area contributed by atoms with Gasteiger partial charge < -0.3 is 5.32 Å². The normalized spacial score (nSPS) is 11.7. The molecule has 27 heavy (non-hydrogen) atoms. The van der Waals surface area contributed by atoms with Crippen LogP contribution in [0.5, 0.6) is 0 Å². The predicted molar refractivity (Wildman–Crippen MR) is 106 cm³/mol. The zero-order valence-electron chi connectivity index (χ0n) is 14.8. The topological polar surface area (TPSA) is 92.6 Å². The third-order valence-electron chi connectivity index (χ3n) is 3.95. The molecule has 0 aliphatic carbocycles. The highest BCUT2D eigenvalue weighted by Gasteiger charge is 2.11. The lowest BCUT2D eigenvalue weighted by atomic mass is 10.1. The van der Waals surface area contributed by atoms with Crippen LogP contribution in [0, 0.1) is 6.92 Å². The fraction of sp³-hybridized carbons (Fsp3) is 0.158. The highest BCUT2D eigenvalue weighted by molar-refractivity contribution is 7.92. The number of benzene rings is 1. The number of fused-ring (bicyclic) bond motifs is 1. The summed E-state index contributed by atoms with van der Waals surface area (Å²) in [5.74, 6) is -0.560. The van der Waals surface area contributed by atoms with Crippen molar-refractivity contribution in [3.05, 3.63) is 72.1 Å². The Bertz CT molecular complexity index is 1090. The molecule has 2 N–H and O–H groups in total. The van der Waals surface area contributed by atoms with E-state index in [1.54, 1.807) is 41.2 Å². The van der Waals surface area contributed by atoms with Crippen LogP contribution in [0.3, 0.4) is 0 Å². The van der Waals surface area contributed by atoms with Gasteiger partial charge in [0.15, 0.2) is 0 Å². The molecular formula is C19H20N4O3S. The van der Waals surface area contributed by atoms with Crippen molar-refractivity contribution in [3.8, 4) is 0 Å². The second-order valence-corrected chi connectivity index (χ2v) is 7.86. The van der Waals surface area contributed by atoms with E-state index in [4.69, 9.17) is 0 Å². The number of nitrogens with one attached hydrogen (secondary N) is 2. The van der Waals surface area contributed by atoms with Gasteiger partial charge in [-0.15, -0.1) is 0 Å². The number of carbonyl (C=O) groups excluding carboxylic acids is 1. The largest absolute Gasteiger partial charge is 0.351 e. The molecule has 1 aromatic carbocycles. The summed E-state index contributed by atoms with van der Waals surface area (Å²) in [4.78, 5) is 11.9. The molecule has 0 aliphatic heterocycles. The van der Waals surface area contributed by atoms with Gasteiger partial charge in [-0.2, -0.15) is 5.10 Å². The van der Waals surface area contributed by atoms with E-state index in [9.17, 15) is 13.2 Å². The Morgan fingerprint density at radius 3 is 2.85 bits per heavy atom. The van der Waals surface area contributed by atoms with E-state index in [0.717, 1.165) is 16.6 Å². The Kier molecular flexibility index (Phi) is 5.56. The molecule has 3 rings (SSSR count). The summed E-state index contributed by atoms with van der Waals surface area (Å²) in [6, 6.07) is 12.8. The van der Waals surface area contributed by atoms with E-state index in [1.807, 2.05) is 31.2 Å². The Hall–Kier alpha value is -3.13. The number of hydrogen-bond acceptors (Lipinski definition) is 4. The molecule has 1 amide bonds. The van der Waals surface area contributed by atoms with Crippen LogP contribution in [-0.4, -0.2) is 36.2 Å². The monoisotopic (exact) mass is 384 g/mol. The van der Waals surface area contributed by atoms with Crippen LogP contribution in [0.1, 0.15) is 11.1 Å². The molecule has 2 aromatic heterocycles. The van der Waals surface area contributed by atoms with Gasteiger partial charge in [-0.1, -0.05) is 24.3 Å². The zero-order valence-corrected chi connectivity index (χ0v) is 15.6. The quantitative estimate of drug-likeness (QED) is 0.611. The first kappa shape index (κ1) is 18.7. The first-order valence-electron chi connectivity index (χ1n) is 8.38. The van der Waals surface area contributed by atoms with Crippen molar-refractivity contribution in [2.75, 3.05) is 17.0 Å². The van der Waals surface area contributed by atoms with Crippen LogP contribution >= 0.6 is 0 Å². The fourth-order valence-corrected chi connectivity index (χ4v) is 3.48. The van der Waals surface area contributed by atoms with Gasteiger partial charge in [-0.05, 0) is 42.3 Å². The van der Waals surface area contributed by atoms with E-state index in [0.29, 0.717) is 5.69 Å². The van der Waals surface area contributed by atoms with Crippen molar-refractivity contribution in [1.29, 1.82) is 0 Å². The molecule has 140 valence electrons. The minimum Gasteiger partial charge on any atom is -0.351 e. The van der Waals surface area contributed by atoms with Crippen LogP contribution < -0.4 is 10.0 Å². The smallest absolute Gasteiger partial charge is 0.244 e. The molecule has 0 radical (unpaired) electrons. The lowest BCUT2D eigenvalue weighted by Crippen LogP contribution is -2.30. The second-order valence-electron chi connectivity index (χ2n) is 6.02. The molecule has 7 nitrogen and oxygen atoms in total. The van der Waals surface area contributed by atoms with Gasteiger partial charge in [0.2, 0.25) is 15.9 Å². The molecule has 0 unspecified atom stereocenters. The number of carbonyl (C=O) groups is 1. The maximum Gasteiger partial charge on any atom is 0.244 e. The van der Waals surface area contributed by atoms with E-state index in [-0.39, 0.29) is 18.2 Å². The average Bonchev–Trinajstić information content (AvgIpc) is 3.08. The number of aryl methyl sites for hydroxylation is 1. The summed E-state index contributed by atoms with van der Waals surface area (Å²) in [5.41, 5.74) is 3.24. The maximum atomic E-state index is 12.2. The molecule has 0 fully saturated rings. The first-order chi connectivity index (χ1) is 12.9. The molecule has 2 heterocycles. The first-order valence-corrected chi connectivity index (χ1v) is 10.0. The molecule has 0 saturated carbocycles. The molecule has 0 spiro atoms. The summed E-state index contributed by atoms with van der Waals surface area (Å²) in [7, 11) is -3.57. The van der Waals surface area contributed by atoms with Crippen molar-refractivity contribution in [1.82, 2.24) is 14.9 Å². The average molecular weight is 384 g/mol. The highest BCUT2D eigenvalue weighted by Crippen LogP contribution is 2.13. The summed E-state index contributed by atoms with van der Waals surface area (Å²) < 4.78 is 28.5.